The number of benzene rings is 2. The van der Waals surface area contributed by atoms with Crippen molar-refractivity contribution < 1.29 is 9.42 Å². The molecule has 0 aliphatic rings. The van der Waals surface area contributed by atoms with E-state index >= 15 is 0 Å². The molecule has 0 radical (unpaired) electrons. The van der Waals surface area contributed by atoms with Crippen LogP contribution in [0.1, 0.15) is 21.5 Å². The van der Waals surface area contributed by atoms with E-state index in [4.69, 9.17) is 0 Å². The van der Waals surface area contributed by atoms with Gasteiger partial charge in [0, 0.05) is 11.3 Å². The first-order chi connectivity index (χ1) is 13.6. The Bertz CT molecular complexity index is 1140. The van der Waals surface area contributed by atoms with E-state index in [0.717, 1.165) is 11.3 Å². The number of aromatic nitrogens is 4. The molecule has 0 atom stereocenters. The molecule has 4 aromatic rings. The zero-order valence-corrected chi connectivity index (χ0v) is 15.2. The number of hydrazine groups is 1. The summed E-state index contributed by atoms with van der Waals surface area (Å²) in [5.74, 6) is 0.350. The minimum Gasteiger partial charge on any atom is -0.337 e. The van der Waals surface area contributed by atoms with Crippen LogP contribution in [-0.4, -0.2) is 26.2 Å². The van der Waals surface area contributed by atoms with Gasteiger partial charge in [-0.2, -0.15) is 4.98 Å². The molecule has 140 valence electrons. The van der Waals surface area contributed by atoms with Crippen LogP contribution >= 0.6 is 0 Å². The molecule has 2 aromatic heterocycles. The van der Waals surface area contributed by atoms with Gasteiger partial charge >= 0.3 is 0 Å². The monoisotopic (exact) mass is 375 g/mol. The standard InChI is InChI=1S/C19H17N7O2/c1-11-8-9-14(10-12(11)2)20-15-16(22-18-17(21-15)25-28-26-18)23-24-19(27)13-6-4-3-5-7-13/h3-10H,1-2H3,(H,24,27)(H,20,21,25)(H,22,23,26). The first-order valence-corrected chi connectivity index (χ1v) is 8.56. The van der Waals surface area contributed by atoms with Gasteiger partial charge in [0.2, 0.25) is 11.3 Å². The van der Waals surface area contributed by atoms with Gasteiger partial charge in [0.25, 0.3) is 5.91 Å². The summed E-state index contributed by atoms with van der Waals surface area (Å²) in [6.07, 6.45) is 0. The highest BCUT2D eigenvalue weighted by Gasteiger charge is 2.14. The van der Waals surface area contributed by atoms with Gasteiger partial charge in [0.1, 0.15) is 0 Å². The summed E-state index contributed by atoms with van der Waals surface area (Å²) in [6.45, 7) is 4.06. The minimum absolute atomic E-state index is 0.224. The van der Waals surface area contributed by atoms with Crippen LogP contribution < -0.4 is 16.2 Å². The van der Waals surface area contributed by atoms with Gasteiger partial charge in [-0.3, -0.25) is 15.6 Å². The van der Waals surface area contributed by atoms with Crippen molar-refractivity contribution in [3.05, 3.63) is 65.2 Å². The van der Waals surface area contributed by atoms with Crippen molar-refractivity contribution in [1.82, 2.24) is 25.7 Å². The molecule has 9 heteroatoms. The molecule has 0 unspecified atom stereocenters. The van der Waals surface area contributed by atoms with Crippen molar-refractivity contribution in [3.8, 4) is 0 Å². The number of fused-ring (bicyclic) bond motifs is 1. The van der Waals surface area contributed by atoms with E-state index in [2.05, 4.69) is 41.1 Å². The molecular weight excluding hydrogens is 358 g/mol. The molecule has 0 bridgehead atoms. The van der Waals surface area contributed by atoms with E-state index in [-0.39, 0.29) is 23.0 Å². The lowest BCUT2D eigenvalue weighted by Gasteiger charge is -2.13. The van der Waals surface area contributed by atoms with Gasteiger partial charge in [-0.15, -0.1) is 0 Å². The van der Waals surface area contributed by atoms with Gasteiger partial charge in [-0.05, 0) is 59.6 Å². The largest absolute Gasteiger partial charge is 0.337 e. The lowest BCUT2D eigenvalue weighted by atomic mass is 10.1. The second-order valence-corrected chi connectivity index (χ2v) is 6.20. The van der Waals surface area contributed by atoms with Gasteiger partial charge < -0.3 is 5.32 Å². The average molecular weight is 375 g/mol. The van der Waals surface area contributed by atoms with Crippen LogP contribution in [-0.2, 0) is 0 Å². The van der Waals surface area contributed by atoms with Crippen LogP contribution in [0.2, 0.25) is 0 Å². The lowest BCUT2D eigenvalue weighted by Crippen LogP contribution is -2.30. The number of hydrogen-bond acceptors (Lipinski definition) is 8. The summed E-state index contributed by atoms with van der Waals surface area (Å²) in [7, 11) is 0. The Hall–Kier alpha value is -4.01. The van der Waals surface area contributed by atoms with Gasteiger partial charge in [-0.1, -0.05) is 24.3 Å². The van der Waals surface area contributed by atoms with Crippen molar-refractivity contribution in [1.29, 1.82) is 0 Å². The highest BCUT2D eigenvalue weighted by molar-refractivity contribution is 5.95. The predicted molar refractivity (Wildman–Crippen MR) is 104 cm³/mol. The van der Waals surface area contributed by atoms with Gasteiger partial charge in [0.15, 0.2) is 11.6 Å². The number of rotatable bonds is 5. The Labute approximate surface area is 160 Å². The molecule has 0 saturated heterocycles. The summed E-state index contributed by atoms with van der Waals surface area (Å²) in [6, 6.07) is 14.8. The lowest BCUT2D eigenvalue weighted by molar-refractivity contribution is 0.0962. The Morgan fingerprint density at radius 2 is 1.61 bits per heavy atom. The second-order valence-electron chi connectivity index (χ2n) is 6.20. The van der Waals surface area contributed by atoms with Crippen molar-refractivity contribution in [2.24, 2.45) is 0 Å². The Balaban J connectivity index is 1.61. The third-order valence-corrected chi connectivity index (χ3v) is 4.21. The molecule has 4 rings (SSSR count). The van der Waals surface area contributed by atoms with E-state index < -0.39 is 0 Å². The van der Waals surface area contributed by atoms with E-state index in [1.807, 2.05) is 38.1 Å². The van der Waals surface area contributed by atoms with Crippen molar-refractivity contribution >= 4 is 34.5 Å². The van der Waals surface area contributed by atoms with Gasteiger partial charge in [0.05, 0.1) is 0 Å². The van der Waals surface area contributed by atoms with Gasteiger partial charge in [-0.25, -0.2) is 9.61 Å². The van der Waals surface area contributed by atoms with Crippen LogP contribution in [0.3, 0.4) is 0 Å². The number of anilines is 3. The van der Waals surface area contributed by atoms with Crippen LogP contribution in [0.15, 0.2) is 53.2 Å². The third-order valence-electron chi connectivity index (χ3n) is 4.21. The Morgan fingerprint density at radius 1 is 0.893 bits per heavy atom. The molecule has 1 amide bonds. The number of carbonyl (C=O) groups excluding carboxylic acids is 1. The predicted octanol–water partition coefficient (Wildman–Crippen LogP) is 3.13. The van der Waals surface area contributed by atoms with E-state index in [1.54, 1.807) is 24.3 Å². The topological polar surface area (TPSA) is 118 Å². The molecule has 0 aliphatic carbocycles. The number of carbonyl (C=O) groups is 1. The van der Waals surface area contributed by atoms with Crippen LogP contribution in [0.4, 0.5) is 17.3 Å². The molecule has 0 spiro atoms. The number of nitrogens with zero attached hydrogens (tertiary/aromatic N) is 4. The molecule has 2 heterocycles. The fraction of sp³-hybridized carbons (Fsp3) is 0.105. The van der Waals surface area contributed by atoms with Crippen molar-refractivity contribution in [3.63, 3.8) is 0 Å². The zero-order chi connectivity index (χ0) is 19.5. The maximum Gasteiger partial charge on any atom is 0.269 e. The average Bonchev–Trinajstić information content (AvgIpc) is 3.16. The van der Waals surface area contributed by atoms with E-state index in [9.17, 15) is 4.79 Å². The van der Waals surface area contributed by atoms with Crippen LogP contribution in [0, 0.1) is 13.8 Å². The molecule has 0 aliphatic heterocycles. The van der Waals surface area contributed by atoms with E-state index in [1.165, 1.54) is 5.56 Å². The number of amides is 1. The molecule has 3 N–H and O–H groups in total. The molecule has 28 heavy (non-hydrogen) atoms. The normalized spacial score (nSPS) is 10.6. The maximum absolute atomic E-state index is 12.3. The number of hydrogen-bond donors (Lipinski definition) is 3. The highest BCUT2D eigenvalue weighted by atomic mass is 16.6. The van der Waals surface area contributed by atoms with Crippen molar-refractivity contribution in [2.45, 2.75) is 13.8 Å². The van der Waals surface area contributed by atoms with Crippen molar-refractivity contribution in [2.75, 3.05) is 10.7 Å². The molecule has 2 aromatic carbocycles. The summed E-state index contributed by atoms with van der Waals surface area (Å²) in [5, 5.41) is 10.6. The first-order valence-electron chi connectivity index (χ1n) is 8.56. The SMILES string of the molecule is Cc1ccc(Nc2nc3nonc3nc2NNC(=O)c2ccccc2)cc1C. The Morgan fingerprint density at radius 3 is 2.32 bits per heavy atom. The van der Waals surface area contributed by atoms with Crippen LogP contribution in [0.25, 0.3) is 11.3 Å². The molecule has 0 saturated carbocycles. The molecule has 0 fully saturated rings. The summed E-state index contributed by atoms with van der Waals surface area (Å²) in [4.78, 5) is 21.0. The summed E-state index contributed by atoms with van der Waals surface area (Å²) in [5.41, 5.74) is 9.53. The Kier molecular flexibility index (Phi) is 4.55. The fourth-order valence-electron chi connectivity index (χ4n) is 2.55. The molecular formula is C19H17N7O2. The first kappa shape index (κ1) is 17.4. The summed E-state index contributed by atoms with van der Waals surface area (Å²) >= 11 is 0. The maximum atomic E-state index is 12.3. The smallest absolute Gasteiger partial charge is 0.269 e. The highest BCUT2D eigenvalue weighted by Crippen LogP contribution is 2.24. The summed E-state index contributed by atoms with van der Waals surface area (Å²) < 4.78 is 4.69. The number of aryl methyl sites for hydroxylation is 2. The van der Waals surface area contributed by atoms with Crippen LogP contribution in [0.5, 0.6) is 0 Å². The second kappa shape index (κ2) is 7.31. The number of nitrogens with one attached hydrogen (secondary N) is 3. The minimum atomic E-state index is -0.307. The van der Waals surface area contributed by atoms with E-state index in [0.29, 0.717) is 11.4 Å². The zero-order valence-electron chi connectivity index (χ0n) is 15.2. The fourth-order valence-corrected chi connectivity index (χ4v) is 2.55. The molecule has 9 nitrogen and oxygen atoms in total. The quantitative estimate of drug-likeness (QED) is 0.455. The third kappa shape index (κ3) is 3.58.